The number of amides is 1. The van der Waals surface area contributed by atoms with E-state index >= 15 is 0 Å². The Hall–Kier alpha value is -2.13. The zero-order chi connectivity index (χ0) is 17.9. The van der Waals surface area contributed by atoms with E-state index in [2.05, 4.69) is 19.7 Å². The van der Waals surface area contributed by atoms with Gasteiger partial charge in [0, 0.05) is 12.7 Å². The van der Waals surface area contributed by atoms with Crippen molar-refractivity contribution in [2.75, 3.05) is 23.3 Å². The molecule has 1 aromatic heterocycles. The molecule has 1 aromatic carbocycles. The SMILES string of the molecule is CNc1snc(C)c1C(=O)NC(C)c1cccc(NS(C)(=O)=O)c1. The Morgan fingerprint density at radius 2 is 2.04 bits per heavy atom. The second kappa shape index (κ2) is 7.18. The normalized spacial score (nSPS) is 12.5. The highest BCUT2D eigenvalue weighted by molar-refractivity contribution is 7.92. The summed E-state index contributed by atoms with van der Waals surface area (Å²) >= 11 is 1.24. The number of carbonyl (C=O) groups is 1. The number of sulfonamides is 1. The van der Waals surface area contributed by atoms with Gasteiger partial charge in [0.1, 0.15) is 5.00 Å². The quantitative estimate of drug-likeness (QED) is 0.727. The molecule has 2 rings (SSSR count). The molecule has 130 valence electrons. The Morgan fingerprint density at radius 3 is 2.67 bits per heavy atom. The molecule has 0 aliphatic heterocycles. The van der Waals surface area contributed by atoms with Crippen molar-refractivity contribution in [3.63, 3.8) is 0 Å². The van der Waals surface area contributed by atoms with E-state index in [0.29, 0.717) is 21.9 Å². The topological polar surface area (TPSA) is 100 Å². The van der Waals surface area contributed by atoms with Crippen molar-refractivity contribution in [3.05, 3.63) is 41.1 Å². The zero-order valence-corrected chi connectivity index (χ0v) is 15.5. The molecule has 0 fully saturated rings. The molecule has 9 heteroatoms. The van der Waals surface area contributed by atoms with Gasteiger partial charge in [-0.05, 0) is 43.1 Å². The monoisotopic (exact) mass is 368 g/mol. The summed E-state index contributed by atoms with van der Waals surface area (Å²) in [6.45, 7) is 3.62. The molecular weight excluding hydrogens is 348 g/mol. The van der Waals surface area contributed by atoms with Crippen molar-refractivity contribution < 1.29 is 13.2 Å². The molecule has 0 spiro atoms. The molecule has 3 N–H and O–H groups in total. The molecule has 1 unspecified atom stereocenters. The highest BCUT2D eigenvalue weighted by Gasteiger charge is 2.20. The molecule has 1 heterocycles. The highest BCUT2D eigenvalue weighted by atomic mass is 32.2. The second-order valence-corrected chi connectivity index (χ2v) is 7.94. The summed E-state index contributed by atoms with van der Waals surface area (Å²) in [6.07, 6.45) is 1.09. The fraction of sp³-hybridized carbons (Fsp3) is 0.333. The van der Waals surface area contributed by atoms with Crippen molar-refractivity contribution in [1.82, 2.24) is 9.69 Å². The van der Waals surface area contributed by atoms with Crippen LogP contribution >= 0.6 is 11.5 Å². The molecule has 2 aromatic rings. The summed E-state index contributed by atoms with van der Waals surface area (Å²) in [5.74, 6) is -0.223. The lowest BCUT2D eigenvalue weighted by Crippen LogP contribution is -2.27. The minimum atomic E-state index is -3.35. The number of aryl methyl sites for hydroxylation is 1. The van der Waals surface area contributed by atoms with Gasteiger partial charge in [0.2, 0.25) is 10.0 Å². The van der Waals surface area contributed by atoms with Crippen LogP contribution in [0.2, 0.25) is 0 Å². The Balaban J connectivity index is 2.17. The van der Waals surface area contributed by atoms with Gasteiger partial charge in [-0.2, -0.15) is 4.37 Å². The number of nitrogens with one attached hydrogen (secondary N) is 3. The van der Waals surface area contributed by atoms with Crippen LogP contribution in [0.3, 0.4) is 0 Å². The number of aromatic nitrogens is 1. The first kappa shape index (κ1) is 18.2. The third-order valence-electron chi connectivity index (χ3n) is 3.35. The van der Waals surface area contributed by atoms with Gasteiger partial charge in [-0.1, -0.05) is 12.1 Å². The molecular formula is C15H20N4O3S2. The molecule has 7 nitrogen and oxygen atoms in total. The summed E-state index contributed by atoms with van der Waals surface area (Å²) in [5.41, 5.74) is 2.45. The fourth-order valence-electron chi connectivity index (χ4n) is 2.25. The third kappa shape index (κ3) is 4.45. The van der Waals surface area contributed by atoms with E-state index in [1.165, 1.54) is 11.5 Å². The number of rotatable bonds is 6. The summed E-state index contributed by atoms with van der Waals surface area (Å²) in [7, 11) is -1.60. The van der Waals surface area contributed by atoms with Crippen molar-refractivity contribution in [3.8, 4) is 0 Å². The Labute approximate surface area is 145 Å². The Morgan fingerprint density at radius 1 is 1.33 bits per heavy atom. The highest BCUT2D eigenvalue weighted by Crippen LogP contribution is 2.25. The molecule has 0 saturated carbocycles. The average Bonchev–Trinajstić information content (AvgIpc) is 2.86. The number of carbonyl (C=O) groups excluding carboxylic acids is 1. The predicted octanol–water partition coefficient (Wildman–Crippen LogP) is 2.36. The van der Waals surface area contributed by atoms with Crippen LogP contribution in [0.5, 0.6) is 0 Å². The van der Waals surface area contributed by atoms with Crippen LogP contribution in [0.4, 0.5) is 10.7 Å². The van der Waals surface area contributed by atoms with Gasteiger partial charge in [-0.25, -0.2) is 8.42 Å². The molecule has 0 saturated heterocycles. The van der Waals surface area contributed by atoms with E-state index in [0.717, 1.165) is 11.8 Å². The molecule has 0 aliphatic carbocycles. The molecule has 24 heavy (non-hydrogen) atoms. The van der Waals surface area contributed by atoms with E-state index in [4.69, 9.17) is 0 Å². The first-order chi connectivity index (χ1) is 11.2. The van der Waals surface area contributed by atoms with E-state index < -0.39 is 10.0 Å². The van der Waals surface area contributed by atoms with Gasteiger partial charge < -0.3 is 10.6 Å². The maximum atomic E-state index is 12.5. The maximum absolute atomic E-state index is 12.5. The molecule has 0 aliphatic rings. The molecule has 0 bridgehead atoms. The van der Waals surface area contributed by atoms with E-state index in [-0.39, 0.29) is 11.9 Å². The molecule has 1 atom stereocenters. The summed E-state index contributed by atoms with van der Waals surface area (Å²) in [6, 6.07) is 6.63. The molecule has 0 radical (unpaired) electrons. The number of nitrogens with zero attached hydrogens (tertiary/aromatic N) is 1. The lowest BCUT2D eigenvalue weighted by atomic mass is 10.1. The number of hydrogen-bond donors (Lipinski definition) is 3. The van der Waals surface area contributed by atoms with Crippen molar-refractivity contribution in [2.24, 2.45) is 0 Å². The zero-order valence-electron chi connectivity index (χ0n) is 13.9. The van der Waals surface area contributed by atoms with E-state index in [9.17, 15) is 13.2 Å². The van der Waals surface area contributed by atoms with Gasteiger partial charge in [0.25, 0.3) is 5.91 Å². The van der Waals surface area contributed by atoms with Crippen LogP contribution in [0.1, 0.15) is 34.6 Å². The van der Waals surface area contributed by atoms with E-state index in [1.807, 2.05) is 13.0 Å². The van der Waals surface area contributed by atoms with Crippen molar-refractivity contribution in [2.45, 2.75) is 19.9 Å². The van der Waals surface area contributed by atoms with Gasteiger partial charge >= 0.3 is 0 Å². The van der Waals surface area contributed by atoms with Gasteiger partial charge in [0.15, 0.2) is 0 Å². The van der Waals surface area contributed by atoms with E-state index in [1.54, 1.807) is 32.2 Å². The Bertz CT molecular complexity index is 846. The predicted molar refractivity (Wildman–Crippen MR) is 97.2 cm³/mol. The van der Waals surface area contributed by atoms with Crippen molar-refractivity contribution >= 4 is 38.2 Å². The largest absolute Gasteiger partial charge is 0.378 e. The lowest BCUT2D eigenvalue weighted by molar-refractivity contribution is 0.0940. The minimum absolute atomic E-state index is 0.223. The average molecular weight is 368 g/mol. The van der Waals surface area contributed by atoms with Crippen LogP contribution in [0.15, 0.2) is 24.3 Å². The van der Waals surface area contributed by atoms with Crippen LogP contribution in [0.25, 0.3) is 0 Å². The number of anilines is 2. The lowest BCUT2D eigenvalue weighted by Gasteiger charge is -2.16. The maximum Gasteiger partial charge on any atom is 0.256 e. The van der Waals surface area contributed by atoms with Gasteiger partial charge in [0.05, 0.1) is 23.6 Å². The standard InChI is InChI=1S/C15H20N4O3S2/c1-9(11-6-5-7-12(8-11)19-24(4,21)22)17-14(20)13-10(2)18-23-15(13)16-3/h5-9,16,19H,1-4H3,(H,17,20). The first-order valence-corrected chi connectivity index (χ1v) is 9.90. The summed E-state index contributed by atoms with van der Waals surface area (Å²) in [5, 5.41) is 6.59. The second-order valence-electron chi connectivity index (χ2n) is 5.42. The van der Waals surface area contributed by atoms with Gasteiger partial charge in [-0.3, -0.25) is 9.52 Å². The van der Waals surface area contributed by atoms with Crippen LogP contribution < -0.4 is 15.4 Å². The number of hydrogen-bond acceptors (Lipinski definition) is 6. The fourth-order valence-corrected chi connectivity index (χ4v) is 3.54. The van der Waals surface area contributed by atoms with Crippen LogP contribution in [-0.2, 0) is 10.0 Å². The summed E-state index contributed by atoms with van der Waals surface area (Å²) < 4.78 is 29.3. The van der Waals surface area contributed by atoms with Crippen LogP contribution in [-0.4, -0.2) is 32.0 Å². The van der Waals surface area contributed by atoms with Crippen molar-refractivity contribution in [1.29, 1.82) is 0 Å². The Kier molecular flexibility index (Phi) is 5.45. The first-order valence-electron chi connectivity index (χ1n) is 7.24. The van der Waals surface area contributed by atoms with Crippen LogP contribution in [0, 0.1) is 6.92 Å². The number of benzene rings is 1. The third-order valence-corrected chi connectivity index (χ3v) is 4.92. The smallest absolute Gasteiger partial charge is 0.256 e. The van der Waals surface area contributed by atoms with Gasteiger partial charge in [-0.15, -0.1) is 0 Å². The minimum Gasteiger partial charge on any atom is -0.378 e. The molecule has 1 amide bonds. The summed E-state index contributed by atoms with van der Waals surface area (Å²) in [4.78, 5) is 12.5.